The molecule has 0 aromatic rings. The minimum atomic E-state index is -1.39. The molecule has 19 nitrogen and oxygen atoms in total. The maximum atomic E-state index is 10.2. The standard InChI is InChI=1S/C15H22N2O2.C6H15N.C6H14O3.C6H14O2.C5H10O4.C3H6O3.C2H8N2/c18-10-16-14-5-1-12(2-6-14)9-13-3-7-15(8-4-13)17-11-19;1-4-7(5-2)6-3;1-2-6(3-7,4-8)5-9;7-5-3-1-2-4-6-8;1-5(2-6,3-7)4(8)9;1-5-3(4)6-2;3-1-2-4/h12-15H,1-9H2;4-6H2,1-3H3;7-9H,2-5H2,1H3;7-8H,1-6H2;6-7H,2-3H2,1H3,(H,8,9);1-2H3;1-4H2. The predicted octanol–water partition coefficient (Wildman–Crippen LogP) is 2.77. The lowest BCUT2D eigenvalue weighted by Gasteiger charge is -2.31. The number of ether oxygens (including phenoxy) is 2. The summed E-state index contributed by atoms with van der Waals surface area (Å²) in [5.41, 5.74) is 7.75. The molecule has 2 saturated carbocycles. The van der Waals surface area contributed by atoms with Crippen molar-refractivity contribution >= 4 is 24.3 Å². The number of isocyanates is 2. The van der Waals surface area contributed by atoms with Crippen LogP contribution >= 0.6 is 0 Å². The number of carboxylic acid groups (broad SMARTS) is 1. The molecule has 0 aromatic heterocycles. The molecular weight excluding hydrogens is 810 g/mol. The molecule has 0 heterocycles. The summed E-state index contributed by atoms with van der Waals surface area (Å²) in [6, 6.07) is 0.456. The van der Waals surface area contributed by atoms with Gasteiger partial charge in [-0.1, -0.05) is 40.5 Å². The average molecular weight is 900 g/mol. The van der Waals surface area contributed by atoms with Crippen LogP contribution in [-0.4, -0.2) is 175 Å². The molecule has 0 unspecified atom stereocenters. The maximum absolute atomic E-state index is 10.2. The highest BCUT2D eigenvalue weighted by atomic mass is 16.7. The number of hydrogen-bond acceptors (Lipinski definition) is 18. The van der Waals surface area contributed by atoms with E-state index in [4.69, 9.17) is 52.3 Å². The summed E-state index contributed by atoms with van der Waals surface area (Å²) in [6.07, 6.45) is 17.4. The molecular formula is C43H89N5O14. The van der Waals surface area contributed by atoms with E-state index in [-0.39, 0.29) is 45.1 Å². The van der Waals surface area contributed by atoms with Crippen LogP contribution in [0.15, 0.2) is 9.98 Å². The third-order valence-corrected chi connectivity index (χ3v) is 10.6. The molecule has 0 amide bonds. The first kappa shape index (κ1) is 68.2. The second-order valence-electron chi connectivity index (χ2n) is 15.3. The van der Waals surface area contributed by atoms with Gasteiger partial charge >= 0.3 is 12.1 Å². The Balaban J connectivity index is -0.000000218. The van der Waals surface area contributed by atoms with Gasteiger partial charge in [0.05, 0.1) is 59.3 Å². The van der Waals surface area contributed by atoms with Crippen LogP contribution in [0.5, 0.6) is 0 Å². The van der Waals surface area contributed by atoms with E-state index in [0.29, 0.717) is 19.5 Å². The van der Waals surface area contributed by atoms with Crippen LogP contribution in [0, 0.1) is 22.7 Å². The van der Waals surface area contributed by atoms with Gasteiger partial charge in [0.25, 0.3) is 0 Å². The zero-order chi connectivity index (χ0) is 48.7. The monoisotopic (exact) mass is 900 g/mol. The summed E-state index contributed by atoms with van der Waals surface area (Å²) < 4.78 is 8.08. The number of aliphatic hydroxyl groups is 7. The average Bonchev–Trinajstić information content (AvgIpc) is 3.31. The number of aliphatic hydroxyl groups excluding tert-OH is 7. The van der Waals surface area contributed by atoms with Crippen LogP contribution < -0.4 is 11.5 Å². The summed E-state index contributed by atoms with van der Waals surface area (Å²) in [4.78, 5) is 50.4. The van der Waals surface area contributed by atoms with Crippen molar-refractivity contribution in [2.24, 2.45) is 44.1 Å². The van der Waals surface area contributed by atoms with Crippen LogP contribution in [-0.2, 0) is 23.9 Å². The Morgan fingerprint density at radius 1 is 0.629 bits per heavy atom. The van der Waals surface area contributed by atoms with Gasteiger partial charge in [-0.15, -0.1) is 0 Å². The van der Waals surface area contributed by atoms with Crippen LogP contribution in [0.1, 0.15) is 125 Å². The van der Waals surface area contributed by atoms with Gasteiger partial charge in [0.1, 0.15) is 5.41 Å². The highest BCUT2D eigenvalue weighted by molar-refractivity contribution is 5.74. The molecule has 2 rings (SSSR count). The Labute approximate surface area is 372 Å². The van der Waals surface area contributed by atoms with Crippen molar-refractivity contribution in [2.45, 2.75) is 137 Å². The number of hydrogen-bond donors (Lipinski definition) is 10. The number of carbonyl (C=O) groups is 2. The fourth-order valence-corrected chi connectivity index (χ4v) is 5.64. The van der Waals surface area contributed by atoms with Crippen LogP contribution in [0.2, 0.25) is 0 Å². The molecule has 0 saturated heterocycles. The fourth-order valence-electron chi connectivity index (χ4n) is 5.64. The highest BCUT2D eigenvalue weighted by Crippen LogP contribution is 2.36. The molecule has 0 spiro atoms. The Morgan fingerprint density at radius 2 is 0.968 bits per heavy atom. The molecule has 0 aromatic carbocycles. The number of nitrogens with zero attached hydrogens (tertiary/aromatic N) is 3. The summed E-state index contributed by atoms with van der Waals surface area (Å²) >= 11 is 0. The number of methoxy groups -OCH3 is 2. The van der Waals surface area contributed by atoms with Crippen molar-refractivity contribution in [3.63, 3.8) is 0 Å². The van der Waals surface area contributed by atoms with E-state index >= 15 is 0 Å². The number of rotatable bonds is 20. The molecule has 0 atom stereocenters. The fraction of sp³-hybridized carbons (Fsp3) is 0.907. The summed E-state index contributed by atoms with van der Waals surface area (Å²) in [5, 5.41) is 67.7. The number of aliphatic carboxylic acids is 1. The Hall–Kier alpha value is -2.90. The van der Waals surface area contributed by atoms with Gasteiger partial charge in [-0.3, -0.25) is 4.79 Å². The minimum absolute atomic E-state index is 0.156. The predicted molar refractivity (Wildman–Crippen MR) is 240 cm³/mol. The van der Waals surface area contributed by atoms with Crippen molar-refractivity contribution in [1.29, 1.82) is 0 Å². The largest absolute Gasteiger partial charge is 0.507 e. The highest BCUT2D eigenvalue weighted by Gasteiger charge is 2.31. The molecule has 0 bridgehead atoms. The zero-order valence-corrected chi connectivity index (χ0v) is 39.2. The van der Waals surface area contributed by atoms with Crippen molar-refractivity contribution < 1.29 is 69.5 Å². The van der Waals surface area contributed by atoms with Crippen LogP contribution in [0.4, 0.5) is 4.79 Å². The number of carbonyl (C=O) groups excluding carboxylic acids is 3. The quantitative estimate of drug-likeness (QED) is 0.0363. The number of aliphatic imine (C=N–C) groups is 2. The number of nitrogens with two attached hydrogens (primary N) is 2. The van der Waals surface area contributed by atoms with E-state index < -0.39 is 36.2 Å². The summed E-state index contributed by atoms with van der Waals surface area (Å²) in [7, 11) is 2.51. The Kier molecular flexibility index (Phi) is 54.0. The topological polar surface area (TPSA) is 329 Å². The second-order valence-corrected chi connectivity index (χ2v) is 15.3. The van der Waals surface area contributed by atoms with Gasteiger partial charge < -0.3 is 66.7 Å². The first-order valence-electron chi connectivity index (χ1n) is 22.0. The Morgan fingerprint density at radius 3 is 1.10 bits per heavy atom. The second kappa shape index (κ2) is 49.1. The lowest BCUT2D eigenvalue weighted by atomic mass is 9.76. The van der Waals surface area contributed by atoms with Gasteiger partial charge in [0, 0.05) is 31.7 Å². The SMILES string of the molecule is CC(CO)(CO)C(=O)O.CCC(CO)(CO)CO.CCN(CC)CC.COC(=O)OC.NCCN.O=C=NC1CCC(CC2CCC(N=C=O)CC2)CC1.OCCCCCCO. The molecule has 62 heavy (non-hydrogen) atoms. The van der Waals surface area contributed by atoms with Gasteiger partial charge in [0.15, 0.2) is 0 Å². The molecule has 2 fully saturated rings. The molecule has 0 aliphatic heterocycles. The van der Waals surface area contributed by atoms with E-state index in [2.05, 4.69) is 45.1 Å². The van der Waals surface area contributed by atoms with E-state index in [1.54, 1.807) is 12.2 Å². The number of carboxylic acids is 1. The van der Waals surface area contributed by atoms with E-state index in [0.717, 1.165) is 63.2 Å². The lowest BCUT2D eigenvalue weighted by Crippen LogP contribution is -2.35. The van der Waals surface area contributed by atoms with Crippen molar-refractivity contribution in [3.8, 4) is 0 Å². The maximum Gasteiger partial charge on any atom is 0.507 e. The first-order chi connectivity index (χ1) is 29.6. The van der Waals surface area contributed by atoms with Gasteiger partial charge in [-0.05, 0) is 115 Å². The normalized spacial score (nSPS) is 17.7. The smallest absolute Gasteiger partial charge is 0.481 e. The van der Waals surface area contributed by atoms with Crippen molar-refractivity contribution in [1.82, 2.24) is 4.90 Å². The summed E-state index contributed by atoms with van der Waals surface area (Å²) in [5.74, 6) is 0.413. The lowest BCUT2D eigenvalue weighted by molar-refractivity contribution is -0.152. The van der Waals surface area contributed by atoms with E-state index in [9.17, 15) is 19.2 Å². The molecule has 370 valence electrons. The minimum Gasteiger partial charge on any atom is -0.481 e. The first-order valence-corrected chi connectivity index (χ1v) is 22.0. The molecule has 2 aliphatic rings. The molecule has 19 heteroatoms. The van der Waals surface area contributed by atoms with Gasteiger partial charge in [0.2, 0.25) is 12.2 Å². The zero-order valence-electron chi connectivity index (χ0n) is 39.2. The third-order valence-electron chi connectivity index (χ3n) is 10.6. The molecule has 2 aliphatic carbocycles. The van der Waals surface area contributed by atoms with Crippen LogP contribution in [0.3, 0.4) is 0 Å². The van der Waals surface area contributed by atoms with Crippen molar-refractivity contribution in [2.75, 3.05) is 93.2 Å². The van der Waals surface area contributed by atoms with Gasteiger partial charge in [-0.2, -0.15) is 0 Å². The van der Waals surface area contributed by atoms with E-state index in [1.807, 2.05) is 6.92 Å². The number of unbranched alkanes of at least 4 members (excludes halogenated alkanes) is 3. The third kappa shape index (κ3) is 39.9. The van der Waals surface area contributed by atoms with E-state index in [1.165, 1.54) is 72.9 Å². The molecule has 12 N–H and O–H groups in total. The Bertz CT molecular complexity index is 996. The van der Waals surface area contributed by atoms with Crippen LogP contribution in [0.25, 0.3) is 0 Å². The summed E-state index contributed by atoms with van der Waals surface area (Å²) in [6.45, 7) is 13.4. The van der Waals surface area contributed by atoms with Gasteiger partial charge in [-0.25, -0.2) is 24.4 Å². The molecule has 0 radical (unpaired) electrons. The van der Waals surface area contributed by atoms with Crippen molar-refractivity contribution in [3.05, 3.63) is 0 Å².